The topological polar surface area (TPSA) is 129 Å². The number of anilines is 1. The van der Waals surface area contributed by atoms with E-state index in [1.54, 1.807) is 13.8 Å². The number of hydrogen-bond acceptors (Lipinski definition) is 9. The lowest BCUT2D eigenvalue weighted by molar-refractivity contribution is 0.0526. The molecule has 0 aliphatic heterocycles. The third kappa shape index (κ3) is 4.32. The Hall–Kier alpha value is -4.14. The van der Waals surface area contributed by atoms with Crippen LogP contribution in [-0.2, 0) is 4.74 Å². The lowest BCUT2D eigenvalue weighted by Crippen LogP contribution is -2.11. The Morgan fingerprint density at radius 2 is 2.00 bits per heavy atom. The van der Waals surface area contributed by atoms with Gasteiger partial charge < -0.3 is 4.74 Å². The van der Waals surface area contributed by atoms with Crippen molar-refractivity contribution in [1.82, 2.24) is 20.2 Å². The zero-order chi connectivity index (χ0) is 25.2. The summed E-state index contributed by atoms with van der Waals surface area (Å²) in [5, 5.41) is 22.3. The minimum atomic E-state index is -0.481. The first-order chi connectivity index (χ1) is 17.5. The van der Waals surface area contributed by atoms with Crippen LogP contribution in [-0.4, -0.2) is 38.5 Å². The van der Waals surface area contributed by atoms with Crippen molar-refractivity contribution >= 4 is 66.0 Å². The normalized spacial score (nSPS) is 11.6. The Balaban J connectivity index is 1.66. The van der Waals surface area contributed by atoms with Crippen LogP contribution in [0, 0.1) is 18.3 Å². The molecule has 0 atom stereocenters. The zero-order valence-corrected chi connectivity index (χ0v) is 21.6. The summed E-state index contributed by atoms with van der Waals surface area (Å²) in [7, 11) is 0. The van der Waals surface area contributed by atoms with Crippen molar-refractivity contribution in [3.05, 3.63) is 69.3 Å². The third-order valence-corrected chi connectivity index (χ3v) is 6.95. The van der Waals surface area contributed by atoms with Crippen molar-refractivity contribution in [2.75, 3.05) is 12.0 Å². The number of aromatic amines is 1. The molecule has 0 spiro atoms. The molecule has 178 valence electrons. The fraction of sp³-hybridized carbons (Fsp3) is 0.120. The van der Waals surface area contributed by atoms with E-state index in [1.165, 1.54) is 11.3 Å². The van der Waals surface area contributed by atoms with E-state index in [2.05, 4.69) is 52.7 Å². The van der Waals surface area contributed by atoms with Crippen LogP contribution in [0.3, 0.4) is 0 Å². The van der Waals surface area contributed by atoms with Gasteiger partial charge in [0.25, 0.3) is 0 Å². The molecule has 0 amide bonds. The molecule has 3 heterocycles. The molecule has 0 radical (unpaired) electrons. The standard InChI is InChI=1S/C25H18BrN7O2S/c1-3-35-25(34)19-13(2)28-22-21(20(19)14-8-10-15(26)11-9-14)23(33-31-22)32-30-17(12-27)24-29-16-6-4-5-7-18(16)36-24/h4-11H,3H2,1-2H3,(H2,28,31,32,33)/b30-17+. The number of nitrogens with one attached hydrogen (secondary N) is 2. The molecule has 11 heteroatoms. The predicted molar refractivity (Wildman–Crippen MR) is 143 cm³/mol. The number of aromatic nitrogens is 4. The van der Waals surface area contributed by atoms with Crippen molar-refractivity contribution in [2.24, 2.45) is 5.10 Å². The Kier molecular flexibility index (Phi) is 6.45. The number of carbonyl (C=O) groups is 1. The van der Waals surface area contributed by atoms with Crippen LogP contribution >= 0.6 is 27.3 Å². The molecule has 0 unspecified atom stereocenters. The molecule has 0 bridgehead atoms. The Bertz CT molecular complexity index is 1650. The van der Waals surface area contributed by atoms with Gasteiger partial charge in [0.15, 0.2) is 22.2 Å². The van der Waals surface area contributed by atoms with Crippen molar-refractivity contribution < 1.29 is 9.53 Å². The monoisotopic (exact) mass is 559 g/mol. The first-order valence-corrected chi connectivity index (χ1v) is 12.5. The van der Waals surface area contributed by atoms with Crippen LogP contribution in [0.5, 0.6) is 0 Å². The number of nitrogens with zero attached hydrogens (tertiary/aromatic N) is 5. The minimum Gasteiger partial charge on any atom is -0.462 e. The quantitative estimate of drug-likeness (QED) is 0.152. The maximum absolute atomic E-state index is 13.0. The number of pyridine rings is 1. The number of rotatable bonds is 6. The Morgan fingerprint density at radius 3 is 2.72 bits per heavy atom. The highest BCUT2D eigenvalue weighted by Gasteiger charge is 2.25. The number of nitriles is 1. The van der Waals surface area contributed by atoms with Gasteiger partial charge in [0.2, 0.25) is 0 Å². The van der Waals surface area contributed by atoms with Crippen molar-refractivity contribution in [3.8, 4) is 17.2 Å². The molecule has 36 heavy (non-hydrogen) atoms. The summed E-state index contributed by atoms with van der Waals surface area (Å²) in [5.41, 5.74) is 6.44. The van der Waals surface area contributed by atoms with Crippen molar-refractivity contribution in [2.45, 2.75) is 13.8 Å². The van der Waals surface area contributed by atoms with Crippen LogP contribution in [0.15, 0.2) is 58.1 Å². The molecular weight excluding hydrogens is 542 g/mol. The van der Waals surface area contributed by atoms with Crippen molar-refractivity contribution in [1.29, 1.82) is 5.26 Å². The summed E-state index contributed by atoms with van der Waals surface area (Å²) < 4.78 is 7.20. The van der Waals surface area contributed by atoms with E-state index in [4.69, 9.17) is 4.74 Å². The van der Waals surface area contributed by atoms with Gasteiger partial charge in [-0.3, -0.25) is 10.5 Å². The highest BCUT2D eigenvalue weighted by molar-refractivity contribution is 9.10. The van der Waals surface area contributed by atoms with Crippen LogP contribution < -0.4 is 5.43 Å². The molecule has 0 aliphatic rings. The summed E-state index contributed by atoms with van der Waals surface area (Å²) in [4.78, 5) is 22.0. The van der Waals surface area contributed by atoms with E-state index >= 15 is 0 Å². The number of benzene rings is 2. The van der Waals surface area contributed by atoms with Gasteiger partial charge >= 0.3 is 5.97 Å². The van der Waals surface area contributed by atoms with Crippen LogP contribution in [0.25, 0.3) is 32.4 Å². The molecule has 5 rings (SSSR count). The van der Waals surface area contributed by atoms with Gasteiger partial charge in [-0.15, -0.1) is 11.3 Å². The summed E-state index contributed by atoms with van der Waals surface area (Å²) in [6.07, 6.45) is 0. The number of thiazole rings is 1. The largest absolute Gasteiger partial charge is 0.462 e. The smallest absolute Gasteiger partial charge is 0.340 e. The molecule has 0 saturated carbocycles. The van der Waals surface area contributed by atoms with E-state index < -0.39 is 5.97 Å². The van der Waals surface area contributed by atoms with E-state index in [0.717, 1.165) is 20.3 Å². The van der Waals surface area contributed by atoms with Crippen LogP contribution in [0.4, 0.5) is 5.82 Å². The summed E-state index contributed by atoms with van der Waals surface area (Å²) >= 11 is 4.83. The molecule has 9 nitrogen and oxygen atoms in total. The van der Waals surface area contributed by atoms with Gasteiger partial charge in [-0.05, 0) is 43.7 Å². The van der Waals surface area contributed by atoms with Gasteiger partial charge in [0.05, 0.1) is 33.5 Å². The summed E-state index contributed by atoms with van der Waals surface area (Å²) in [6, 6.07) is 17.3. The fourth-order valence-electron chi connectivity index (χ4n) is 3.82. The number of carbonyl (C=O) groups excluding carboxylic acids is 1. The molecule has 3 aromatic heterocycles. The van der Waals surface area contributed by atoms with Gasteiger partial charge in [-0.25, -0.2) is 14.8 Å². The molecular formula is C25H18BrN7O2S. The lowest BCUT2D eigenvalue weighted by Gasteiger charge is -2.13. The highest BCUT2D eigenvalue weighted by atomic mass is 79.9. The lowest BCUT2D eigenvalue weighted by atomic mass is 9.96. The average Bonchev–Trinajstić information content (AvgIpc) is 3.48. The van der Waals surface area contributed by atoms with Gasteiger partial charge in [-0.1, -0.05) is 40.2 Å². The molecule has 5 aromatic rings. The zero-order valence-electron chi connectivity index (χ0n) is 19.2. The SMILES string of the molecule is CCOC(=O)c1c(C)nc2n[nH]c(N/N=C(\C#N)c3nc4ccccc4s3)c2c1-c1ccc(Br)cc1. The predicted octanol–water partition coefficient (Wildman–Crippen LogP) is 5.82. The summed E-state index contributed by atoms with van der Waals surface area (Å²) in [5.74, 6) is -0.0972. The number of ether oxygens (including phenoxy) is 1. The van der Waals surface area contributed by atoms with E-state index in [0.29, 0.717) is 38.7 Å². The molecule has 2 N–H and O–H groups in total. The van der Waals surface area contributed by atoms with Crippen LogP contribution in [0.2, 0.25) is 0 Å². The van der Waals surface area contributed by atoms with E-state index in [-0.39, 0.29) is 12.3 Å². The average molecular weight is 560 g/mol. The maximum Gasteiger partial charge on any atom is 0.340 e. The fourth-order valence-corrected chi connectivity index (χ4v) is 4.99. The second kappa shape index (κ2) is 9.85. The minimum absolute atomic E-state index is 0.120. The molecule has 0 aliphatic carbocycles. The van der Waals surface area contributed by atoms with E-state index in [1.807, 2.05) is 48.5 Å². The highest BCUT2D eigenvalue weighted by Crippen LogP contribution is 2.37. The maximum atomic E-state index is 13.0. The number of hydrazone groups is 1. The Morgan fingerprint density at radius 1 is 1.22 bits per heavy atom. The molecule has 2 aromatic carbocycles. The van der Waals surface area contributed by atoms with Crippen LogP contribution in [0.1, 0.15) is 28.0 Å². The molecule has 0 fully saturated rings. The number of H-pyrrole nitrogens is 1. The first-order valence-electron chi connectivity index (χ1n) is 10.9. The first kappa shape index (κ1) is 23.6. The number of para-hydroxylation sites is 1. The summed E-state index contributed by atoms with van der Waals surface area (Å²) in [6.45, 7) is 3.73. The Labute approximate surface area is 218 Å². The number of aryl methyl sites for hydroxylation is 1. The number of hydrogen-bond donors (Lipinski definition) is 2. The number of esters is 1. The second-order valence-corrected chi connectivity index (χ2v) is 9.59. The number of halogens is 1. The van der Waals surface area contributed by atoms with E-state index in [9.17, 15) is 10.1 Å². The van der Waals surface area contributed by atoms with Gasteiger partial charge in [0, 0.05) is 10.0 Å². The van der Waals surface area contributed by atoms with Gasteiger partial charge in [-0.2, -0.15) is 15.5 Å². The van der Waals surface area contributed by atoms with Gasteiger partial charge in [0.1, 0.15) is 6.07 Å². The third-order valence-electron chi connectivity index (χ3n) is 5.38. The second-order valence-electron chi connectivity index (χ2n) is 7.64. The van der Waals surface area contributed by atoms with Crippen molar-refractivity contribution in [3.63, 3.8) is 0 Å². The number of fused-ring (bicyclic) bond motifs is 2. The molecule has 0 saturated heterocycles.